The zero-order valence-electron chi connectivity index (χ0n) is 18.0. The molecule has 1 N–H and O–H groups in total. The van der Waals surface area contributed by atoms with Crippen LogP contribution in [0.2, 0.25) is 0 Å². The van der Waals surface area contributed by atoms with Gasteiger partial charge in [-0.15, -0.1) is 6.58 Å². The van der Waals surface area contributed by atoms with Crippen molar-refractivity contribution in [2.75, 3.05) is 18.5 Å². The first-order valence-corrected chi connectivity index (χ1v) is 10.2. The SMILES string of the molecule is C=CCNC(=O)N(Cc1ccc(F)cc1)c1cccc(CC(=O)N(C)Cc2ccco2)c1. The van der Waals surface area contributed by atoms with Gasteiger partial charge in [-0.1, -0.05) is 30.3 Å². The quantitative estimate of drug-likeness (QED) is 0.503. The van der Waals surface area contributed by atoms with Crippen molar-refractivity contribution in [3.05, 3.63) is 102 Å². The molecule has 0 unspecified atom stereocenters. The topological polar surface area (TPSA) is 65.8 Å². The number of rotatable bonds is 9. The molecule has 0 aliphatic carbocycles. The lowest BCUT2D eigenvalue weighted by atomic mass is 10.1. The van der Waals surface area contributed by atoms with Crippen LogP contribution in [0.3, 0.4) is 0 Å². The van der Waals surface area contributed by atoms with Crippen LogP contribution in [0.25, 0.3) is 0 Å². The summed E-state index contributed by atoms with van der Waals surface area (Å²) in [6.07, 6.45) is 3.35. The number of amides is 3. The van der Waals surface area contributed by atoms with Crippen molar-refractivity contribution < 1.29 is 18.4 Å². The van der Waals surface area contributed by atoms with Crippen LogP contribution in [0.5, 0.6) is 0 Å². The Morgan fingerprint density at radius 3 is 2.53 bits per heavy atom. The van der Waals surface area contributed by atoms with Crippen molar-refractivity contribution in [2.45, 2.75) is 19.5 Å². The summed E-state index contributed by atoms with van der Waals surface area (Å²) in [7, 11) is 1.72. The van der Waals surface area contributed by atoms with Gasteiger partial charge in [0.1, 0.15) is 11.6 Å². The second kappa shape index (κ2) is 10.9. The van der Waals surface area contributed by atoms with Gasteiger partial charge in [0.15, 0.2) is 0 Å². The van der Waals surface area contributed by atoms with Gasteiger partial charge < -0.3 is 14.6 Å². The van der Waals surface area contributed by atoms with E-state index >= 15 is 0 Å². The van der Waals surface area contributed by atoms with Crippen LogP contribution in [-0.2, 0) is 24.3 Å². The van der Waals surface area contributed by atoms with Crippen molar-refractivity contribution >= 4 is 17.6 Å². The number of anilines is 1. The summed E-state index contributed by atoms with van der Waals surface area (Å²) in [5.41, 5.74) is 2.19. The highest BCUT2D eigenvalue weighted by Gasteiger charge is 2.18. The molecular formula is C25H26FN3O3. The van der Waals surface area contributed by atoms with E-state index in [1.54, 1.807) is 53.5 Å². The Hall–Kier alpha value is -3.87. The zero-order chi connectivity index (χ0) is 22.9. The van der Waals surface area contributed by atoms with E-state index in [-0.39, 0.29) is 30.7 Å². The number of likely N-dealkylation sites (N-methyl/N-ethyl adjacent to an activating group) is 1. The molecule has 0 spiro atoms. The fourth-order valence-electron chi connectivity index (χ4n) is 3.18. The normalized spacial score (nSPS) is 10.4. The summed E-state index contributed by atoms with van der Waals surface area (Å²) in [5.74, 6) is 0.300. The van der Waals surface area contributed by atoms with E-state index in [4.69, 9.17) is 4.42 Å². The standard InChI is InChI=1S/C25H26FN3O3/c1-3-13-27-25(31)29(17-19-9-11-21(26)12-10-19)22-7-4-6-20(15-22)16-24(30)28(2)18-23-8-5-14-32-23/h3-12,14-15H,1,13,16-18H2,2H3,(H,27,31). The maximum absolute atomic E-state index is 13.3. The first-order chi connectivity index (χ1) is 15.5. The second-order valence-corrected chi connectivity index (χ2v) is 7.36. The highest BCUT2D eigenvalue weighted by Crippen LogP contribution is 2.20. The van der Waals surface area contributed by atoms with Gasteiger partial charge in [-0.2, -0.15) is 0 Å². The predicted molar refractivity (Wildman–Crippen MR) is 122 cm³/mol. The molecule has 1 heterocycles. The number of hydrogen-bond acceptors (Lipinski definition) is 3. The second-order valence-electron chi connectivity index (χ2n) is 7.36. The molecule has 0 atom stereocenters. The summed E-state index contributed by atoms with van der Waals surface area (Å²) < 4.78 is 18.6. The average molecular weight is 435 g/mol. The largest absolute Gasteiger partial charge is 0.467 e. The molecule has 3 rings (SSSR count). The minimum absolute atomic E-state index is 0.0697. The highest BCUT2D eigenvalue weighted by molar-refractivity contribution is 5.92. The molecule has 2 aromatic carbocycles. The molecule has 6 nitrogen and oxygen atoms in total. The molecular weight excluding hydrogens is 409 g/mol. The minimum Gasteiger partial charge on any atom is -0.467 e. The molecule has 0 radical (unpaired) electrons. The van der Waals surface area contributed by atoms with Gasteiger partial charge in [-0.05, 0) is 47.5 Å². The Balaban J connectivity index is 1.76. The number of furan rings is 1. The van der Waals surface area contributed by atoms with E-state index in [1.807, 2.05) is 24.3 Å². The molecule has 3 amide bonds. The third-order valence-corrected chi connectivity index (χ3v) is 4.87. The third-order valence-electron chi connectivity index (χ3n) is 4.87. The van der Waals surface area contributed by atoms with Gasteiger partial charge in [0, 0.05) is 19.3 Å². The molecule has 3 aromatic rings. The lowest BCUT2D eigenvalue weighted by Crippen LogP contribution is -2.39. The molecule has 0 saturated carbocycles. The van der Waals surface area contributed by atoms with Crippen molar-refractivity contribution in [1.29, 1.82) is 0 Å². The van der Waals surface area contributed by atoms with Crippen molar-refractivity contribution in [3.63, 3.8) is 0 Å². The smallest absolute Gasteiger partial charge is 0.322 e. The van der Waals surface area contributed by atoms with Crippen LogP contribution in [-0.4, -0.2) is 30.4 Å². The molecule has 0 bridgehead atoms. The van der Waals surface area contributed by atoms with E-state index in [0.29, 0.717) is 24.5 Å². The Morgan fingerprint density at radius 2 is 1.84 bits per heavy atom. The van der Waals surface area contributed by atoms with Crippen LogP contribution in [0.4, 0.5) is 14.9 Å². The molecule has 1 aromatic heterocycles. The molecule has 0 aliphatic rings. The zero-order valence-corrected chi connectivity index (χ0v) is 18.0. The van der Waals surface area contributed by atoms with Gasteiger partial charge >= 0.3 is 6.03 Å². The number of urea groups is 1. The summed E-state index contributed by atoms with van der Waals surface area (Å²) in [4.78, 5) is 28.6. The fourth-order valence-corrected chi connectivity index (χ4v) is 3.18. The number of halogens is 1. The molecule has 32 heavy (non-hydrogen) atoms. The first kappa shape index (κ1) is 22.8. The monoisotopic (exact) mass is 435 g/mol. The Labute approximate surface area is 186 Å². The number of carbonyl (C=O) groups is 2. The van der Waals surface area contributed by atoms with E-state index in [9.17, 15) is 14.0 Å². The van der Waals surface area contributed by atoms with E-state index in [0.717, 1.165) is 11.1 Å². The number of hydrogen-bond donors (Lipinski definition) is 1. The Morgan fingerprint density at radius 1 is 1.06 bits per heavy atom. The first-order valence-electron chi connectivity index (χ1n) is 10.2. The lowest BCUT2D eigenvalue weighted by Gasteiger charge is -2.24. The summed E-state index contributed by atoms with van der Waals surface area (Å²) >= 11 is 0. The third kappa shape index (κ3) is 6.31. The minimum atomic E-state index is -0.337. The van der Waals surface area contributed by atoms with Crippen LogP contribution in [0.15, 0.2) is 84.0 Å². The average Bonchev–Trinajstić information content (AvgIpc) is 3.30. The highest BCUT2D eigenvalue weighted by atomic mass is 19.1. The number of carbonyl (C=O) groups excluding carboxylic acids is 2. The van der Waals surface area contributed by atoms with Gasteiger partial charge in [0.2, 0.25) is 5.91 Å². The maximum atomic E-state index is 13.3. The van der Waals surface area contributed by atoms with Crippen molar-refractivity contribution in [1.82, 2.24) is 10.2 Å². The van der Waals surface area contributed by atoms with E-state index in [2.05, 4.69) is 11.9 Å². The van der Waals surface area contributed by atoms with Crippen LogP contribution in [0, 0.1) is 5.82 Å². The molecule has 0 aliphatic heterocycles. The molecule has 0 saturated heterocycles. The predicted octanol–water partition coefficient (Wildman–Crippen LogP) is 4.52. The lowest BCUT2D eigenvalue weighted by molar-refractivity contribution is -0.129. The molecule has 166 valence electrons. The van der Waals surface area contributed by atoms with Crippen molar-refractivity contribution in [2.24, 2.45) is 0 Å². The van der Waals surface area contributed by atoms with Crippen LogP contribution >= 0.6 is 0 Å². The summed E-state index contributed by atoms with van der Waals surface area (Å²) in [6.45, 7) is 4.57. The Kier molecular flexibility index (Phi) is 7.80. The van der Waals surface area contributed by atoms with E-state index in [1.165, 1.54) is 12.1 Å². The fraction of sp³-hybridized carbons (Fsp3) is 0.200. The van der Waals surface area contributed by atoms with Gasteiger partial charge in [-0.3, -0.25) is 9.69 Å². The summed E-state index contributed by atoms with van der Waals surface area (Å²) in [5, 5.41) is 2.78. The number of nitrogens with one attached hydrogen (secondary N) is 1. The van der Waals surface area contributed by atoms with E-state index < -0.39 is 0 Å². The van der Waals surface area contributed by atoms with Crippen LogP contribution < -0.4 is 10.2 Å². The summed E-state index contributed by atoms with van der Waals surface area (Å²) in [6, 6.07) is 16.6. The number of benzene rings is 2. The van der Waals surface area contributed by atoms with Gasteiger partial charge in [-0.25, -0.2) is 9.18 Å². The molecule has 0 fully saturated rings. The number of nitrogens with zero attached hydrogens (tertiary/aromatic N) is 2. The molecule has 7 heteroatoms. The van der Waals surface area contributed by atoms with Gasteiger partial charge in [0.05, 0.1) is 25.8 Å². The van der Waals surface area contributed by atoms with Crippen molar-refractivity contribution in [3.8, 4) is 0 Å². The maximum Gasteiger partial charge on any atom is 0.322 e. The van der Waals surface area contributed by atoms with Crippen LogP contribution in [0.1, 0.15) is 16.9 Å². The van der Waals surface area contributed by atoms with Gasteiger partial charge in [0.25, 0.3) is 0 Å². The Bertz CT molecular complexity index is 1050.